The molecule has 2 spiro atoms. The smallest absolute Gasteiger partial charge is 0.149 e. The molecule has 3 saturated heterocycles. The van der Waals surface area contributed by atoms with Crippen molar-refractivity contribution in [2.75, 3.05) is 40.0 Å². The van der Waals surface area contributed by atoms with Gasteiger partial charge in [0.1, 0.15) is 24.8 Å². The quantitative estimate of drug-likeness (QED) is 0.480. The largest absolute Gasteiger partial charge is 0.352 e. The zero-order chi connectivity index (χ0) is 8.78. The Hall–Kier alpha value is -0.200. The second-order valence-electron chi connectivity index (χ2n) is 3.72. The first-order valence-corrected chi connectivity index (χ1v) is 4.38. The first-order valence-electron chi connectivity index (χ1n) is 4.38. The summed E-state index contributed by atoms with van der Waals surface area (Å²) in [6, 6.07) is 0. The molecule has 0 saturated carbocycles. The monoisotopic (exact) mass is 188 g/mol. The summed E-state index contributed by atoms with van der Waals surface area (Å²) in [5.41, 5.74) is -0.600. The Morgan fingerprint density at radius 3 is 1.38 bits per heavy atom. The van der Waals surface area contributed by atoms with Crippen molar-refractivity contribution in [3.05, 3.63) is 0 Å². The number of epoxide rings is 1. The molecule has 5 heteroatoms. The second-order valence-corrected chi connectivity index (χ2v) is 3.72. The van der Waals surface area contributed by atoms with Gasteiger partial charge in [0.15, 0.2) is 0 Å². The van der Waals surface area contributed by atoms with Crippen LogP contribution in [0.4, 0.5) is 0 Å². The fourth-order valence-corrected chi connectivity index (χ4v) is 2.02. The van der Waals surface area contributed by atoms with E-state index in [1.807, 2.05) is 0 Å². The maximum Gasteiger partial charge on any atom is 0.149 e. The lowest BCUT2D eigenvalue weighted by molar-refractivity contribution is -0.148. The Kier molecular flexibility index (Phi) is 1.66. The summed E-state index contributed by atoms with van der Waals surface area (Å²) < 4.78 is 26.5. The zero-order valence-corrected chi connectivity index (χ0v) is 7.28. The summed E-state index contributed by atoms with van der Waals surface area (Å²) in [5.74, 6) is 0. The number of ether oxygens (including phenoxy) is 5. The first kappa shape index (κ1) is 8.14. The van der Waals surface area contributed by atoms with Crippen molar-refractivity contribution in [1.29, 1.82) is 0 Å². The van der Waals surface area contributed by atoms with Gasteiger partial charge in [0.2, 0.25) is 0 Å². The molecule has 0 aromatic rings. The minimum atomic E-state index is -0.300. The van der Waals surface area contributed by atoms with Gasteiger partial charge in [0.25, 0.3) is 0 Å². The Labute approximate surface area is 75.8 Å². The van der Waals surface area contributed by atoms with Crippen molar-refractivity contribution in [2.45, 2.75) is 11.2 Å². The van der Waals surface area contributed by atoms with E-state index in [2.05, 4.69) is 0 Å². The van der Waals surface area contributed by atoms with Gasteiger partial charge in [0, 0.05) is 0 Å². The Bertz CT molecular complexity index is 183. The number of hydrogen-bond donors (Lipinski definition) is 0. The van der Waals surface area contributed by atoms with Gasteiger partial charge in [0.05, 0.1) is 26.4 Å². The average molecular weight is 188 g/mol. The molecule has 3 rings (SSSR count). The van der Waals surface area contributed by atoms with Crippen LogP contribution in [-0.2, 0) is 23.7 Å². The van der Waals surface area contributed by atoms with E-state index in [1.165, 1.54) is 0 Å². The molecular formula is C8H12O5. The third-order valence-electron chi connectivity index (χ3n) is 2.85. The lowest BCUT2D eigenvalue weighted by Gasteiger charge is -2.26. The topological polar surface area (TPSA) is 49.5 Å². The molecular weight excluding hydrogens is 176 g/mol. The predicted molar refractivity (Wildman–Crippen MR) is 40.1 cm³/mol. The zero-order valence-electron chi connectivity index (χ0n) is 7.28. The molecule has 0 amide bonds. The van der Waals surface area contributed by atoms with Crippen molar-refractivity contribution in [3.63, 3.8) is 0 Å². The van der Waals surface area contributed by atoms with Crippen LogP contribution in [0.15, 0.2) is 0 Å². The molecule has 0 N–H and O–H groups in total. The highest BCUT2D eigenvalue weighted by Gasteiger charge is 2.72. The number of rotatable bonds is 0. The normalized spacial score (nSPS) is 35.1. The van der Waals surface area contributed by atoms with E-state index >= 15 is 0 Å². The Morgan fingerprint density at radius 1 is 0.615 bits per heavy atom. The van der Waals surface area contributed by atoms with E-state index < -0.39 is 0 Å². The van der Waals surface area contributed by atoms with E-state index in [1.54, 1.807) is 0 Å². The summed E-state index contributed by atoms with van der Waals surface area (Å²) in [4.78, 5) is 0. The minimum absolute atomic E-state index is 0.300. The van der Waals surface area contributed by atoms with Crippen molar-refractivity contribution >= 4 is 0 Å². The standard InChI is InChI=1S/C8H12O5/c1-7(2-10-5-9-1)8(13-7)3-11-6-12-4-8/h1-6H2. The molecule has 3 aliphatic rings. The Morgan fingerprint density at radius 2 is 1.00 bits per heavy atom. The highest BCUT2D eigenvalue weighted by molar-refractivity contribution is 5.17. The van der Waals surface area contributed by atoms with Crippen molar-refractivity contribution in [1.82, 2.24) is 0 Å². The van der Waals surface area contributed by atoms with E-state index in [9.17, 15) is 0 Å². The van der Waals surface area contributed by atoms with Crippen LogP contribution >= 0.6 is 0 Å². The fourth-order valence-electron chi connectivity index (χ4n) is 2.02. The van der Waals surface area contributed by atoms with Crippen LogP contribution in [0.2, 0.25) is 0 Å². The summed E-state index contributed by atoms with van der Waals surface area (Å²) in [5, 5.41) is 0. The van der Waals surface area contributed by atoms with E-state index in [0.717, 1.165) is 0 Å². The van der Waals surface area contributed by atoms with Crippen LogP contribution in [0.25, 0.3) is 0 Å². The molecule has 13 heavy (non-hydrogen) atoms. The van der Waals surface area contributed by atoms with Crippen molar-refractivity contribution < 1.29 is 23.7 Å². The average Bonchev–Trinajstić information content (AvgIpc) is 2.74. The number of hydrogen-bond acceptors (Lipinski definition) is 5. The van der Waals surface area contributed by atoms with E-state index in [0.29, 0.717) is 40.0 Å². The van der Waals surface area contributed by atoms with Crippen LogP contribution < -0.4 is 0 Å². The van der Waals surface area contributed by atoms with Crippen LogP contribution in [0.3, 0.4) is 0 Å². The second kappa shape index (κ2) is 2.65. The molecule has 0 aromatic carbocycles. The molecule has 0 atom stereocenters. The molecule has 3 aliphatic heterocycles. The van der Waals surface area contributed by atoms with Crippen LogP contribution in [0.5, 0.6) is 0 Å². The van der Waals surface area contributed by atoms with E-state index in [4.69, 9.17) is 23.7 Å². The molecule has 3 fully saturated rings. The molecule has 0 radical (unpaired) electrons. The molecule has 0 aromatic heterocycles. The lowest BCUT2D eigenvalue weighted by Crippen LogP contribution is -2.46. The van der Waals surface area contributed by atoms with Gasteiger partial charge >= 0.3 is 0 Å². The molecule has 0 bridgehead atoms. The fraction of sp³-hybridized carbons (Fsp3) is 1.00. The van der Waals surface area contributed by atoms with Crippen LogP contribution in [-0.4, -0.2) is 51.2 Å². The van der Waals surface area contributed by atoms with Gasteiger partial charge in [-0.25, -0.2) is 0 Å². The molecule has 3 heterocycles. The van der Waals surface area contributed by atoms with Gasteiger partial charge in [-0.15, -0.1) is 0 Å². The molecule has 74 valence electrons. The third kappa shape index (κ3) is 1.05. The maximum atomic E-state index is 5.67. The van der Waals surface area contributed by atoms with Crippen LogP contribution in [0.1, 0.15) is 0 Å². The predicted octanol–water partition coefficient (Wildman–Crippen LogP) is -0.497. The summed E-state index contributed by atoms with van der Waals surface area (Å²) >= 11 is 0. The van der Waals surface area contributed by atoms with Crippen molar-refractivity contribution in [2.24, 2.45) is 0 Å². The summed E-state index contributed by atoms with van der Waals surface area (Å²) in [6.07, 6.45) is 0. The van der Waals surface area contributed by atoms with Crippen LogP contribution in [0, 0.1) is 0 Å². The summed E-state index contributed by atoms with van der Waals surface area (Å²) in [6.45, 7) is 3.06. The Balaban J connectivity index is 1.73. The van der Waals surface area contributed by atoms with E-state index in [-0.39, 0.29) is 11.2 Å². The van der Waals surface area contributed by atoms with Gasteiger partial charge in [-0.3, -0.25) is 0 Å². The first-order chi connectivity index (χ1) is 6.37. The van der Waals surface area contributed by atoms with Crippen molar-refractivity contribution in [3.8, 4) is 0 Å². The highest BCUT2D eigenvalue weighted by atomic mass is 16.8. The summed E-state index contributed by atoms with van der Waals surface area (Å²) in [7, 11) is 0. The lowest BCUT2D eigenvalue weighted by atomic mass is 9.94. The van der Waals surface area contributed by atoms with Gasteiger partial charge in [-0.05, 0) is 0 Å². The number of fused-ring (bicyclic) bond motifs is 1. The van der Waals surface area contributed by atoms with Gasteiger partial charge < -0.3 is 23.7 Å². The molecule has 0 unspecified atom stereocenters. The van der Waals surface area contributed by atoms with Gasteiger partial charge in [-0.2, -0.15) is 0 Å². The highest BCUT2D eigenvalue weighted by Crippen LogP contribution is 2.51. The SMILES string of the molecule is C1OCC2(CO1)OC21COCOC1. The van der Waals surface area contributed by atoms with Gasteiger partial charge in [-0.1, -0.05) is 0 Å². The minimum Gasteiger partial charge on any atom is -0.352 e. The third-order valence-corrected chi connectivity index (χ3v) is 2.85. The maximum absolute atomic E-state index is 5.67. The molecule has 0 aliphatic carbocycles. The molecule has 5 nitrogen and oxygen atoms in total.